The molecule has 0 bridgehead atoms. The van der Waals surface area contributed by atoms with Gasteiger partial charge in [0.2, 0.25) is 5.76 Å². The molecule has 7 nitrogen and oxygen atoms in total. The molecule has 1 N–H and O–H groups in total. The van der Waals surface area contributed by atoms with Gasteiger partial charge in [-0.25, -0.2) is 9.97 Å². The van der Waals surface area contributed by atoms with Crippen LogP contribution in [0.15, 0.2) is 23.0 Å². The van der Waals surface area contributed by atoms with Gasteiger partial charge in [0.15, 0.2) is 5.82 Å². The van der Waals surface area contributed by atoms with Crippen molar-refractivity contribution in [3.05, 3.63) is 41.3 Å². The van der Waals surface area contributed by atoms with Crippen LogP contribution < -0.4 is 5.32 Å². The normalized spacial score (nSPS) is 21.1. The van der Waals surface area contributed by atoms with Crippen molar-refractivity contribution in [3.8, 4) is 0 Å². The van der Waals surface area contributed by atoms with E-state index in [2.05, 4.69) is 20.4 Å². The molecule has 0 unspecified atom stereocenters. The van der Waals surface area contributed by atoms with Crippen molar-refractivity contribution in [3.63, 3.8) is 0 Å². The van der Waals surface area contributed by atoms with Gasteiger partial charge in [0, 0.05) is 37.2 Å². The maximum absolute atomic E-state index is 11.9. The van der Waals surface area contributed by atoms with Crippen LogP contribution in [0.1, 0.15) is 53.8 Å². The second kappa shape index (κ2) is 6.45. The molecule has 23 heavy (non-hydrogen) atoms. The van der Waals surface area contributed by atoms with Gasteiger partial charge in [-0.2, -0.15) is 0 Å². The van der Waals surface area contributed by atoms with Crippen LogP contribution in [0.2, 0.25) is 0 Å². The molecule has 1 atom stereocenters. The van der Waals surface area contributed by atoms with Gasteiger partial charge in [0.05, 0.1) is 5.69 Å². The van der Waals surface area contributed by atoms with E-state index in [0.717, 1.165) is 31.4 Å². The number of hydrogen-bond donors (Lipinski definition) is 1. The Labute approximate surface area is 134 Å². The van der Waals surface area contributed by atoms with Crippen molar-refractivity contribution in [1.29, 1.82) is 0 Å². The van der Waals surface area contributed by atoms with Crippen molar-refractivity contribution in [2.75, 3.05) is 6.61 Å². The lowest BCUT2D eigenvalue weighted by Gasteiger charge is -2.32. The predicted molar refractivity (Wildman–Crippen MR) is 81.6 cm³/mol. The van der Waals surface area contributed by atoms with Crippen LogP contribution in [0, 0.1) is 6.92 Å². The quantitative estimate of drug-likeness (QED) is 0.929. The highest BCUT2D eigenvalue weighted by Crippen LogP contribution is 2.32. The molecule has 0 spiro atoms. The number of aromatic nitrogens is 3. The number of aryl methyl sites for hydroxylation is 1. The first-order valence-electron chi connectivity index (χ1n) is 7.74. The van der Waals surface area contributed by atoms with Crippen LogP contribution in [0.25, 0.3) is 0 Å². The van der Waals surface area contributed by atoms with Crippen LogP contribution in [0.3, 0.4) is 0 Å². The summed E-state index contributed by atoms with van der Waals surface area (Å²) in [5.74, 6) is 0.582. The van der Waals surface area contributed by atoms with E-state index < -0.39 is 5.60 Å². The number of carbonyl (C=O) groups excluding carboxylic acids is 1. The third-order valence-corrected chi connectivity index (χ3v) is 3.95. The summed E-state index contributed by atoms with van der Waals surface area (Å²) >= 11 is 0. The maximum atomic E-state index is 11.9. The molecule has 1 aliphatic heterocycles. The Morgan fingerprint density at radius 1 is 1.35 bits per heavy atom. The van der Waals surface area contributed by atoms with E-state index >= 15 is 0 Å². The largest absolute Gasteiger partial charge is 0.367 e. The lowest BCUT2D eigenvalue weighted by molar-refractivity contribution is -0.0760. The molecule has 7 heteroatoms. The van der Waals surface area contributed by atoms with E-state index in [1.807, 2.05) is 6.92 Å². The number of nitrogens with one attached hydrogen (secondary N) is 1. The van der Waals surface area contributed by atoms with Crippen molar-refractivity contribution in [2.24, 2.45) is 0 Å². The first-order valence-corrected chi connectivity index (χ1v) is 7.74. The lowest BCUT2D eigenvalue weighted by atomic mass is 9.95. The van der Waals surface area contributed by atoms with Crippen LogP contribution >= 0.6 is 0 Å². The average molecular weight is 316 g/mol. The highest BCUT2D eigenvalue weighted by molar-refractivity contribution is 5.91. The fourth-order valence-electron chi connectivity index (χ4n) is 2.57. The summed E-state index contributed by atoms with van der Waals surface area (Å²) < 4.78 is 10.8. The van der Waals surface area contributed by atoms with Crippen LogP contribution in [-0.4, -0.2) is 27.6 Å². The van der Waals surface area contributed by atoms with Crippen molar-refractivity contribution in [1.82, 2.24) is 20.4 Å². The van der Waals surface area contributed by atoms with E-state index in [4.69, 9.17) is 9.26 Å². The molecule has 0 saturated carbocycles. The van der Waals surface area contributed by atoms with Gasteiger partial charge in [-0.15, -0.1) is 0 Å². The van der Waals surface area contributed by atoms with Gasteiger partial charge >= 0.3 is 0 Å². The average Bonchev–Trinajstić information content (AvgIpc) is 3.00. The van der Waals surface area contributed by atoms with Crippen LogP contribution in [0.4, 0.5) is 0 Å². The van der Waals surface area contributed by atoms with Crippen LogP contribution in [0.5, 0.6) is 0 Å². The van der Waals surface area contributed by atoms with Gasteiger partial charge in [-0.1, -0.05) is 5.16 Å². The Balaban J connectivity index is 1.60. The lowest BCUT2D eigenvalue weighted by Crippen LogP contribution is -2.32. The van der Waals surface area contributed by atoms with E-state index in [9.17, 15) is 4.79 Å². The third-order valence-electron chi connectivity index (χ3n) is 3.95. The predicted octanol–water partition coefficient (Wildman–Crippen LogP) is 2.12. The van der Waals surface area contributed by atoms with Gasteiger partial charge in [0.1, 0.15) is 5.60 Å². The summed E-state index contributed by atoms with van der Waals surface area (Å²) in [5, 5.41) is 6.44. The zero-order valence-corrected chi connectivity index (χ0v) is 13.3. The van der Waals surface area contributed by atoms with E-state index in [1.54, 1.807) is 25.4 Å². The Morgan fingerprint density at radius 2 is 2.13 bits per heavy atom. The number of hydrogen-bond acceptors (Lipinski definition) is 6. The van der Waals surface area contributed by atoms with Crippen molar-refractivity contribution in [2.45, 2.75) is 45.3 Å². The molecule has 122 valence electrons. The summed E-state index contributed by atoms with van der Waals surface area (Å²) in [4.78, 5) is 20.7. The molecule has 0 aromatic carbocycles. The molecule has 2 aromatic rings. The number of carbonyl (C=O) groups is 1. The number of ether oxygens (including phenoxy) is 1. The molecule has 1 amide bonds. The molecule has 2 aromatic heterocycles. The highest BCUT2D eigenvalue weighted by Gasteiger charge is 2.32. The third kappa shape index (κ3) is 3.56. The molecule has 0 radical (unpaired) electrons. The molecule has 1 aliphatic rings. The number of rotatable bonds is 4. The zero-order chi connectivity index (χ0) is 16.3. The minimum atomic E-state index is -0.405. The van der Waals surface area contributed by atoms with Gasteiger partial charge in [-0.3, -0.25) is 4.79 Å². The first kappa shape index (κ1) is 15.6. The zero-order valence-electron chi connectivity index (χ0n) is 13.3. The first-order chi connectivity index (χ1) is 11.1. The van der Waals surface area contributed by atoms with Crippen LogP contribution in [-0.2, 0) is 16.9 Å². The summed E-state index contributed by atoms with van der Waals surface area (Å²) in [6, 6.07) is 1.59. The van der Waals surface area contributed by atoms with Gasteiger partial charge in [0.25, 0.3) is 5.91 Å². The molecule has 3 rings (SSSR count). The minimum absolute atomic E-state index is 0.197. The maximum Gasteiger partial charge on any atom is 0.290 e. The Bertz CT molecular complexity index is 675. The molecule has 1 fully saturated rings. The van der Waals surface area contributed by atoms with Crippen molar-refractivity contribution < 1.29 is 14.1 Å². The standard InChI is InChI=1S/C16H20N4O3/c1-11-7-13(23-20-11)14(21)17-8-12-9-18-15(19-10-12)16(2)5-3-4-6-22-16/h7,9-10H,3-6,8H2,1-2H3,(H,17,21)/t16-/m1/s1. The summed E-state index contributed by atoms with van der Waals surface area (Å²) in [7, 11) is 0. The van der Waals surface area contributed by atoms with E-state index in [0.29, 0.717) is 18.1 Å². The Kier molecular flexibility index (Phi) is 4.38. The van der Waals surface area contributed by atoms with E-state index in [1.165, 1.54) is 0 Å². The summed E-state index contributed by atoms with van der Waals surface area (Å²) in [6.45, 7) is 4.86. The number of nitrogens with zero attached hydrogens (tertiary/aromatic N) is 3. The topological polar surface area (TPSA) is 90.1 Å². The summed E-state index contributed by atoms with van der Waals surface area (Å²) in [6.07, 6.45) is 6.57. The second-order valence-electron chi connectivity index (χ2n) is 5.97. The highest BCUT2D eigenvalue weighted by atomic mass is 16.5. The Morgan fingerprint density at radius 3 is 2.74 bits per heavy atom. The molecular formula is C16H20N4O3. The molecular weight excluding hydrogens is 296 g/mol. The van der Waals surface area contributed by atoms with Gasteiger partial charge < -0.3 is 14.6 Å². The van der Waals surface area contributed by atoms with Crippen molar-refractivity contribution >= 4 is 5.91 Å². The monoisotopic (exact) mass is 316 g/mol. The summed E-state index contributed by atoms with van der Waals surface area (Å²) in [5.41, 5.74) is 1.08. The van der Waals surface area contributed by atoms with E-state index in [-0.39, 0.29) is 11.7 Å². The molecule has 1 saturated heterocycles. The minimum Gasteiger partial charge on any atom is -0.367 e. The molecule has 3 heterocycles. The fourth-order valence-corrected chi connectivity index (χ4v) is 2.57. The smallest absolute Gasteiger partial charge is 0.290 e. The Hall–Kier alpha value is -2.28. The second-order valence-corrected chi connectivity index (χ2v) is 5.97. The van der Waals surface area contributed by atoms with Gasteiger partial charge in [-0.05, 0) is 33.1 Å². The SMILES string of the molecule is Cc1cc(C(=O)NCc2cnc([C@@]3(C)CCCCO3)nc2)on1. The molecule has 0 aliphatic carbocycles. The number of amides is 1. The fraction of sp³-hybridized carbons (Fsp3) is 0.500.